The monoisotopic (exact) mass is 317 g/mol. The number of rotatable bonds is 4. The van der Waals surface area contributed by atoms with E-state index in [0.29, 0.717) is 17.4 Å². The van der Waals surface area contributed by atoms with Gasteiger partial charge in [-0.25, -0.2) is 14.6 Å². The molecule has 114 valence electrons. The van der Waals surface area contributed by atoms with Crippen molar-refractivity contribution in [3.05, 3.63) is 46.5 Å². The third-order valence-corrected chi connectivity index (χ3v) is 4.68. The van der Waals surface area contributed by atoms with Crippen LogP contribution in [0.3, 0.4) is 0 Å². The van der Waals surface area contributed by atoms with E-state index in [1.165, 1.54) is 4.90 Å². The summed E-state index contributed by atoms with van der Waals surface area (Å²) in [5, 5.41) is 12.4. The number of hydrogen-bond donors (Lipinski definition) is 2. The summed E-state index contributed by atoms with van der Waals surface area (Å²) in [7, 11) is 0. The average molecular weight is 317 g/mol. The van der Waals surface area contributed by atoms with Crippen LogP contribution >= 0.6 is 11.3 Å². The van der Waals surface area contributed by atoms with E-state index in [-0.39, 0.29) is 17.0 Å². The van der Waals surface area contributed by atoms with Crippen molar-refractivity contribution in [1.29, 1.82) is 0 Å². The Morgan fingerprint density at radius 3 is 2.82 bits per heavy atom. The maximum Gasteiger partial charge on any atom is 0.347 e. The Kier molecular flexibility index (Phi) is 3.81. The molecule has 6 nitrogen and oxygen atoms in total. The molecule has 1 aliphatic rings. The smallest absolute Gasteiger partial charge is 0.347 e. The van der Waals surface area contributed by atoms with Crippen molar-refractivity contribution in [2.45, 2.75) is 19.4 Å². The van der Waals surface area contributed by atoms with E-state index < -0.39 is 5.97 Å². The third-order valence-electron chi connectivity index (χ3n) is 3.51. The highest BCUT2D eigenvalue weighted by molar-refractivity contribution is 7.17. The maximum atomic E-state index is 12.1. The first-order valence-corrected chi connectivity index (χ1v) is 7.69. The molecule has 2 aromatic rings. The van der Waals surface area contributed by atoms with E-state index in [4.69, 9.17) is 5.11 Å². The largest absolute Gasteiger partial charge is 0.477 e. The summed E-state index contributed by atoms with van der Waals surface area (Å²) < 4.78 is 0. The number of aryl methyl sites for hydroxylation is 1. The van der Waals surface area contributed by atoms with Crippen LogP contribution in [0.15, 0.2) is 30.3 Å². The molecule has 0 bridgehead atoms. The van der Waals surface area contributed by atoms with Crippen LogP contribution in [-0.4, -0.2) is 34.7 Å². The van der Waals surface area contributed by atoms with Gasteiger partial charge in [-0.15, -0.1) is 0 Å². The number of carboxylic acids is 1. The van der Waals surface area contributed by atoms with E-state index in [2.05, 4.69) is 10.3 Å². The van der Waals surface area contributed by atoms with Crippen LogP contribution in [0.1, 0.15) is 20.9 Å². The van der Waals surface area contributed by atoms with Crippen LogP contribution in [0.2, 0.25) is 0 Å². The number of anilines is 1. The van der Waals surface area contributed by atoms with E-state index in [1.807, 2.05) is 30.3 Å². The number of amides is 2. The molecule has 1 aromatic heterocycles. The molecule has 2 heterocycles. The Morgan fingerprint density at radius 1 is 1.45 bits per heavy atom. The van der Waals surface area contributed by atoms with Crippen LogP contribution in [0.4, 0.5) is 9.93 Å². The molecule has 2 N–H and O–H groups in total. The lowest BCUT2D eigenvalue weighted by Crippen LogP contribution is -2.29. The minimum Gasteiger partial charge on any atom is -0.477 e. The lowest BCUT2D eigenvalue weighted by atomic mass is 10.1. The molecular formula is C15H15N3O3S. The van der Waals surface area contributed by atoms with Gasteiger partial charge in [-0.3, -0.25) is 4.90 Å². The normalized spacial score (nSPS) is 17.6. The van der Waals surface area contributed by atoms with Gasteiger partial charge in [0.25, 0.3) is 0 Å². The molecule has 1 saturated heterocycles. The van der Waals surface area contributed by atoms with Crippen molar-refractivity contribution in [2.24, 2.45) is 0 Å². The van der Waals surface area contributed by atoms with Gasteiger partial charge >= 0.3 is 12.0 Å². The maximum absolute atomic E-state index is 12.1. The summed E-state index contributed by atoms with van der Waals surface area (Å²) in [4.78, 5) is 29.1. The van der Waals surface area contributed by atoms with Crippen molar-refractivity contribution in [3.8, 4) is 0 Å². The van der Waals surface area contributed by atoms with Crippen LogP contribution < -0.4 is 10.2 Å². The van der Waals surface area contributed by atoms with Gasteiger partial charge in [0.2, 0.25) is 0 Å². The number of nitrogens with one attached hydrogen (secondary N) is 1. The lowest BCUT2D eigenvalue weighted by Gasteiger charge is -2.10. The molecule has 1 fully saturated rings. The molecule has 1 aliphatic heterocycles. The number of urea groups is 1. The first-order valence-electron chi connectivity index (χ1n) is 6.87. The predicted molar refractivity (Wildman–Crippen MR) is 83.6 cm³/mol. The standard InChI is InChI=1S/C15H15N3O3S/c1-9-12(13(19)20)22-15(16-9)18-8-11(17-14(18)21)7-10-5-3-2-4-6-10/h2-6,11H,7-8H2,1H3,(H,17,21)(H,19,20). The summed E-state index contributed by atoms with van der Waals surface area (Å²) in [5.74, 6) is -1.01. The zero-order chi connectivity index (χ0) is 15.7. The topological polar surface area (TPSA) is 82.5 Å². The molecule has 3 rings (SSSR count). The zero-order valence-corrected chi connectivity index (χ0v) is 12.8. The quantitative estimate of drug-likeness (QED) is 0.906. The van der Waals surface area contributed by atoms with Crippen molar-refractivity contribution in [2.75, 3.05) is 11.4 Å². The molecule has 1 unspecified atom stereocenters. The fraction of sp³-hybridized carbons (Fsp3) is 0.267. The predicted octanol–water partition coefficient (Wildman–Crippen LogP) is 2.29. The van der Waals surface area contributed by atoms with Crippen LogP contribution in [0.25, 0.3) is 0 Å². The SMILES string of the molecule is Cc1nc(N2CC(Cc3ccccc3)NC2=O)sc1C(=O)O. The Hall–Kier alpha value is -2.41. The summed E-state index contributed by atoms with van der Waals surface area (Å²) in [6.45, 7) is 2.12. The van der Waals surface area contributed by atoms with Gasteiger partial charge in [-0.1, -0.05) is 41.7 Å². The van der Waals surface area contributed by atoms with Gasteiger partial charge in [0.15, 0.2) is 5.13 Å². The highest BCUT2D eigenvalue weighted by Gasteiger charge is 2.32. The highest BCUT2D eigenvalue weighted by Crippen LogP contribution is 2.28. The molecule has 1 atom stereocenters. The molecule has 2 amide bonds. The minimum absolute atomic E-state index is 0.00705. The summed E-state index contributed by atoms with van der Waals surface area (Å²) in [6, 6.07) is 9.68. The molecule has 0 aliphatic carbocycles. The number of aromatic nitrogens is 1. The summed E-state index contributed by atoms with van der Waals surface area (Å²) in [5.41, 5.74) is 1.59. The van der Waals surface area contributed by atoms with Gasteiger partial charge in [0.1, 0.15) is 4.88 Å². The second-order valence-electron chi connectivity index (χ2n) is 5.16. The van der Waals surface area contributed by atoms with Crippen molar-refractivity contribution in [3.63, 3.8) is 0 Å². The van der Waals surface area contributed by atoms with Gasteiger partial charge < -0.3 is 10.4 Å². The minimum atomic E-state index is -1.01. The first kappa shape index (κ1) is 14.5. The fourth-order valence-corrected chi connectivity index (χ4v) is 3.39. The molecule has 0 radical (unpaired) electrons. The van der Waals surface area contributed by atoms with Crippen LogP contribution in [-0.2, 0) is 6.42 Å². The van der Waals surface area contributed by atoms with E-state index >= 15 is 0 Å². The van der Waals surface area contributed by atoms with Crippen molar-refractivity contribution in [1.82, 2.24) is 10.3 Å². The molecule has 0 spiro atoms. The Morgan fingerprint density at radius 2 is 2.18 bits per heavy atom. The van der Waals surface area contributed by atoms with Gasteiger partial charge in [0, 0.05) is 0 Å². The number of carboxylic acid groups (broad SMARTS) is 1. The van der Waals surface area contributed by atoms with Crippen molar-refractivity contribution < 1.29 is 14.7 Å². The van der Waals surface area contributed by atoms with E-state index in [1.54, 1.807) is 6.92 Å². The Bertz CT molecular complexity index is 714. The first-order chi connectivity index (χ1) is 10.5. The number of nitrogens with zero attached hydrogens (tertiary/aromatic N) is 2. The number of carbonyl (C=O) groups is 2. The zero-order valence-electron chi connectivity index (χ0n) is 11.9. The summed E-state index contributed by atoms with van der Waals surface area (Å²) in [6.07, 6.45) is 0.735. The highest BCUT2D eigenvalue weighted by atomic mass is 32.1. The number of thiazole rings is 1. The fourth-order valence-electron chi connectivity index (χ4n) is 2.48. The molecule has 7 heteroatoms. The van der Waals surface area contributed by atoms with Crippen molar-refractivity contribution >= 4 is 28.5 Å². The number of benzene rings is 1. The van der Waals surface area contributed by atoms with Crippen LogP contribution in [0.5, 0.6) is 0 Å². The van der Waals surface area contributed by atoms with Gasteiger partial charge in [-0.2, -0.15) is 0 Å². The molecular weight excluding hydrogens is 302 g/mol. The average Bonchev–Trinajstić information content (AvgIpc) is 3.03. The molecule has 22 heavy (non-hydrogen) atoms. The second-order valence-corrected chi connectivity index (χ2v) is 6.14. The number of aromatic carboxylic acids is 1. The number of carbonyl (C=O) groups excluding carboxylic acids is 1. The lowest BCUT2D eigenvalue weighted by molar-refractivity contribution is 0.0701. The van der Waals surface area contributed by atoms with Crippen LogP contribution in [0, 0.1) is 6.92 Å². The van der Waals surface area contributed by atoms with E-state index in [0.717, 1.165) is 23.3 Å². The Balaban J connectivity index is 1.75. The molecule has 0 saturated carbocycles. The number of hydrogen-bond acceptors (Lipinski definition) is 4. The van der Waals surface area contributed by atoms with Gasteiger partial charge in [-0.05, 0) is 18.9 Å². The molecule has 1 aromatic carbocycles. The second kappa shape index (κ2) is 5.76. The van der Waals surface area contributed by atoms with E-state index in [9.17, 15) is 9.59 Å². The van der Waals surface area contributed by atoms with Gasteiger partial charge in [0.05, 0.1) is 18.3 Å². The third kappa shape index (κ3) is 2.80. The summed E-state index contributed by atoms with van der Waals surface area (Å²) >= 11 is 1.03. The Labute approximate surface area is 131 Å².